The summed E-state index contributed by atoms with van der Waals surface area (Å²) in [5.41, 5.74) is 0.904. The van der Waals surface area contributed by atoms with Crippen LogP contribution in [0.15, 0.2) is 18.5 Å². The molecule has 1 saturated heterocycles. The van der Waals surface area contributed by atoms with E-state index < -0.39 is 5.97 Å². The minimum atomic E-state index is -0.397. The first-order chi connectivity index (χ1) is 10.6. The molecule has 7 nitrogen and oxygen atoms in total. The minimum Gasteiger partial charge on any atom is -0.462 e. The molecule has 0 amide bonds. The second-order valence-corrected chi connectivity index (χ2v) is 5.49. The van der Waals surface area contributed by atoms with E-state index >= 15 is 0 Å². The second-order valence-electron chi connectivity index (χ2n) is 5.49. The van der Waals surface area contributed by atoms with E-state index in [1.165, 1.54) is 6.20 Å². The van der Waals surface area contributed by atoms with Crippen LogP contribution in [0, 0.1) is 0 Å². The third-order valence-electron chi connectivity index (χ3n) is 3.59. The van der Waals surface area contributed by atoms with Crippen molar-refractivity contribution in [2.24, 2.45) is 0 Å². The zero-order valence-electron chi connectivity index (χ0n) is 13.0. The lowest BCUT2D eigenvalue weighted by Gasteiger charge is -2.36. The van der Waals surface area contributed by atoms with Crippen LogP contribution in [0.5, 0.6) is 0 Å². The summed E-state index contributed by atoms with van der Waals surface area (Å²) >= 11 is 0. The van der Waals surface area contributed by atoms with Gasteiger partial charge < -0.3 is 14.4 Å². The molecule has 2 atom stereocenters. The monoisotopic (exact) mass is 304 g/mol. The molecule has 2 aromatic rings. The van der Waals surface area contributed by atoms with Gasteiger partial charge in [0, 0.05) is 19.3 Å². The molecule has 1 aliphatic heterocycles. The second kappa shape index (κ2) is 5.92. The van der Waals surface area contributed by atoms with Crippen LogP contribution in [-0.2, 0) is 9.47 Å². The fourth-order valence-corrected chi connectivity index (χ4v) is 2.75. The average molecular weight is 304 g/mol. The Hall–Kier alpha value is -2.15. The molecule has 7 heteroatoms. The number of hydrogen-bond acceptors (Lipinski definition) is 6. The largest absolute Gasteiger partial charge is 0.462 e. The van der Waals surface area contributed by atoms with Crippen molar-refractivity contribution in [2.75, 3.05) is 24.6 Å². The normalized spacial score (nSPS) is 22.0. The number of morpholine rings is 1. The zero-order chi connectivity index (χ0) is 15.7. The highest BCUT2D eigenvalue weighted by molar-refractivity contribution is 5.95. The molecule has 1 aliphatic rings. The molecule has 3 rings (SSSR count). The van der Waals surface area contributed by atoms with E-state index in [2.05, 4.69) is 15.0 Å². The number of esters is 1. The van der Waals surface area contributed by atoms with Crippen molar-refractivity contribution in [1.82, 2.24) is 14.6 Å². The predicted octanol–water partition coefficient (Wildman–Crippen LogP) is 1.52. The smallest absolute Gasteiger partial charge is 0.343 e. The molecule has 0 spiro atoms. The fraction of sp³-hybridized carbons (Fsp3) is 0.533. The highest BCUT2D eigenvalue weighted by Gasteiger charge is 2.24. The summed E-state index contributed by atoms with van der Waals surface area (Å²) in [6.45, 7) is 7.74. The van der Waals surface area contributed by atoms with Crippen molar-refractivity contribution < 1.29 is 14.3 Å². The molecule has 1 fully saturated rings. The molecule has 22 heavy (non-hydrogen) atoms. The number of carbonyl (C=O) groups excluding carboxylic acids is 1. The van der Waals surface area contributed by atoms with E-state index in [-0.39, 0.29) is 12.2 Å². The summed E-state index contributed by atoms with van der Waals surface area (Å²) in [5, 5.41) is 4.15. The molecule has 118 valence electrons. The SMILES string of the molecule is CCOC(=O)c1cnn2ccc(N3C[C@H](C)O[C@@H](C)C3)nc12. The van der Waals surface area contributed by atoms with Crippen molar-refractivity contribution in [3.05, 3.63) is 24.0 Å². The van der Waals surface area contributed by atoms with Crippen LogP contribution >= 0.6 is 0 Å². The maximum absolute atomic E-state index is 12.0. The molecular formula is C15H20N4O3. The Morgan fingerprint density at radius 3 is 2.82 bits per heavy atom. The van der Waals surface area contributed by atoms with E-state index in [9.17, 15) is 4.79 Å². The molecule has 0 unspecified atom stereocenters. The predicted molar refractivity (Wildman–Crippen MR) is 81.2 cm³/mol. The van der Waals surface area contributed by atoms with Gasteiger partial charge in [0.25, 0.3) is 0 Å². The summed E-state index contributed by atoms with van der Waals surface area (Å²) in [6, 6.07) is 1.90. The lowest BCUT2D eigenvalue weighted by atomic mass is 10.2. The van der Waals surface area contributed by atoms with E-state index in [0.717, 1.165) is 18.9 Å². The molecule has 3 heterocycles. The summed E-state index contributed by atoms with van der Waals surface area (Å²) in [4.78, 5) is 18.7. The quantitative estimate of drug-likeness (QED) is 0.801. The van der Waals surface area contributed by atoms with Crippen molar-refractivity contribution in [3.8, 4) is 0 Å². The number of ether oxygens (including phenoxy) is 2. The van der Waals surface area contributed by atoms with Gasteiger partial charge in [-0.05, 0) is 26.8 Å². The van der Waals surface area contributed by atoms with Gasteiger partial charge in [0.05, 0.1) is 25.0 Å². The molecule has 0 bridgehead atoms. The number of aromatic nitrogens is 3. The van der Waals surface area contributed by atoms with E-state index in [1.807, 2.05) is 26.1 Å². The van der Waals surface area contributed by atoms with Crippen molar-refractivity contribution in [2.45, 2.75) is 33.0 Å². The van der Waals surface area contributed by atoms with Crippen LogP contribution in [0.25, 0.3) is 5.65 Å². The van der Waals surface area contributed by atoms with Gasteiger partial charge in [-0.3, -0.25) is 0 Å². The first-order valence-corrected chi connectivity index (χ1v) is 7.50. The molecule has 0 aliphatic carbocycles. The lowest BCUT2D eigenvalue weighted by molar-refractivity contribution is -0.00546. The van der Waals surface area contributed by atoms with Crippen LogP contribution in [0.2, 0.25) is 0 Å². The third-order valence-corrected chi connectivity index (χ3v) is 3.59. The zero-order valence-corrected chi connectivity index (χ0v) is 13.0. The van der Waals surface area contributed by atoms with E-state index in [1.54, 1.807) is 11.4 Å². The van der Waals surface area contributed by atoms with Crippen LogP contribution in [0.4, 0.5) is 5.82 Å². The van der Waals surface area contributed by atoms with Gasteiger partial charge in [0.1, 0.15) is 11.4 Å². The maximum atomic E-state index is 12.0. The van der Waals surface area contributed by atoms with Crippen LogP contribution in [0.1, 0.15) is 31.1 Å². The number of rotatable bonds is 3. The third kappa shape index (κ3) is 2.76. The molecule has 0 saturated carbocycles. The van der Waals surface area contributed by atoms with Crippen molar-refractivity contribution in [3.63, 3.8) is 0 Å². The standard InChI is InChI=1S/C15H20N4O3/c1-4-21-15(20)12-7-16-19-6-5-13(17-14(12)19)18-8-10(2)22-11(3)9-18/h5-7,10-11H,4,8-9H2,1-3H3/t10-,11-/m0/s1. The van der Waals surface area contributed by atoms with Crippen LogP contribution < -0.4 is 4.90 Å². The van der Waals surface area contributed by atoms with Crippen LogP contribution in [0.3, 0.4) is 0 Å². The van der Waals surface area contributed by atoms with Gasteiger partial charge in [-0.15, -0.1) is 0 Å². The fourth-order valence-electron chi connectivity index (χ4n) is 2.75. The van der Waals surface area contributed by atoms with Gasteiger partial charge >= 0.3 is 5.97 Å². The minimum absolute atomic E-state index is 0.149. The average Bonchev–Trinajstić information content (AvgIpc) is 2.89. The molecule has 0 aromatic carbocycles. The maximum Gasteiger partial charge on any atom is 0.343 e. The first kappa shape index (κ1) is 14.8. The summed E-state index contributed by atoms with van der Waals surface area (Å²) < 4.78 is 12.4. The Morgan fingerprint density at radius 2 is 2.14 bits per heavy atom. The Morgan fingerprint density at radius 1 is 1.41 bits per heavy atom. The van der Waals surface area contributed by atoms with Crippen molar-refractivity contribution >= 4 is 17.4 Å². The van der Waals surface area contributed by atoms with Gasteiger partial charge in [-0.25, -0.2) is 14.3 Å². The highest BCUT2D eigenvalue weighted by atomic mass is 16.5. The van der Waals surface area contributed by atoms with Gasteiger partial charge in [-0.1, -0.05) is 0 Å². The highest BCUT2D eigenvalue weighted by Crippen LogP contribution is 2.20. The molecule has 0 radical (unpaired) electrons. The van der Waals surface area contributed by atoms with Crippen molar-refractivity contribution in [1.29, 1.82) is 0 Å². The van der Waals surface area contributed by atoms with Gasteiger partial charge in [0.15, 0.2) is 5.65 Å². The number of carbonyl (C=O) groups is 1. The Balaban J connectivity index is 1.94. The van der Waals surface area contributed by atoms with E-state index in [4.69, 9.17) is 9.47 Å². The topological polar surface area (TPSA) is 69.0 Å². The van der Waals surface area contributed by atoms with Gasteiger partial charge in [0.2, 0.25) is 0 Å². The molecule has 0 N–H and O–H groups in total. The van der Waals surface area contributed by atoms with E-state index in [0.29, 0.717) is 17.8 Å². The Kier molecular flexibility index (Phi) is 3.98. The summed E-state index contributed by atoms with van der Waals surface area (Å²) in [6.07, 6.45) is 3.60. The van der Waals surface area contributed by atoms with Gasteiger partial charge in [-0.2, -0.15) is 5.10 Å². The first-order valence-electron chi connectivity index (χ1n) is 7.50. The lowest BCUT2D eigenvalue weighted by Crippen LogP contribution is -2.45. The molecule has 2 aromatic heterocycles. The Labute approximate surface area is 128 Å². The number of anilines is 1. The van der Waals surface area contributed by atoms with Crippen LogP contribution in [-0.4, -0.2) is 52.5 Å². The number of hydrogen-bond donors (Lipinski definition) is 0. The summed E-state index contributed by atoms with van der Waals surface area (Å²) in [7, 11) is 0. The molecular weight excluding hydrogens is 284 g/mol. The Bertz CT molecular complexity index is 674. The number of fused-ring (bicyclic) bond motifs is 1. The number of nitrogens with zero attached hydrogens (tertiary/aromatic N) is 4. The summed E-state index contributed by atoms with van der Waals surface area (Å²) in [5.74, 6) is 0.423.